The number of carbonyl (C=O) groups is 1. The molecule has 3 fully saturated rings. The summed E-state index contributed by atoms with van der Waals surface area (Å²) >= 11 is 0. The van der Waals surface area contributed by atoms with Crippen LogP contribution in [-0.2, 0) is 16.1 Å². The molecule has 1 atom stereocenters. The Balaban J connectivity index is 1.17. The van der Waals surface area contributed by atoms with Crippen LogP contribution in [0.4, 0.5) is 0 Å². The molecular formula is C23H32N6O2. The highest BCUT2D eigenvalue weighted by Gasteiger charge is 2.31. The first kappa shape index (κ1) is 20.6. The number of morpholine rings is 1. The number of ether oxygens (including phenoxy) is 1. The lowest BCUT2D eigenvalue weighted by molar-refractivity contribution is -0.150. The first-order valence-electron chi connectivity index (χ1n) is 11.6. The molecule has 31 heavy (non-hydrogen) atoms. The highest BCUT2D eigenvalue weighted by atomic mass is 16.5. The van der Waals surface area contributed by atoms with Crippen molar-refractivity contribution in [1.82, 2.24) is 29.3 Å². The smallest absolute Gasteiger partial charge is 0.248 e. The van der Waals surface area contributed by atoms with Crippen molar-refractivity contribution in [2.24, 2.45) is 11.8 Å². The maximum atomic E-state index is 12.5. The second-order valence-electron chi connectivity index (χ2n) is 9.31. The van der Waals surface area contributed by atoms with E-state index in [1.54, 1.807) is 12.4 Å². The molecule has 0 aromatic carbocycles. The second kappa shape index (κ2) is 9.04. The van der Waals surface area contributed by atoms with E-state index in [1.807, 2.05) is 24.1 Å². The van der Waals surface area contributed by atoms with Gasteiger partial charge in [-0.05, 0) is 63.6 Å². The number of imidazole rings is 1. The van der Waals surface area contributed by atoms with Crippen LogP contribution in [0.1, 0.15) is 31.5 Å². The SMILES string of the molecule is Cc1nccc(-c2nccn2CC2CN(CC3CCN(CC4CC4)CC3)C(=O)CO2)n1. The molecule has 166 valence electrons. The van der Waals surface area contributed by atoms with Gasteiger partial charge >= 0.3 is 0 Å². The Hall–Kier alpha value is -2.32. The van der Waals surface area contributed by atoms with Gasteiger partial charge in [-0.15, -0.1) is 0 Å². The summed E-state index contributed by atoms with van der Waals surface area (Å²) in [6.07, 6.45) is 10.7. The summed E-state index contributed by atoms with van der Waals surface area (Å²) in [5.41, 5.74) is 0.805. The minimum absolute atomic E-state index is 0.0384. The van der Waals surface area contributed by atoms with E-state index in [0.717, 1.165) is 29.8 Å². The molecule has 8 nitrogen and oxygen atoms in total. The highest BCUT2D eigenvalue weighted by Crippen LogP contribution is 2.31. The normalized spacial score (nSPS) is 23.5. The lowest BCUT2D eigenvalue weighted by Crippen LogP contribution is -2.50. The zero-order valence-corrected chi connectivity index (χ0v) is 18.3. The van der Waals surface area contributed by atoms with Crippen molar-refractivity contribution in [3.05, 3.63) is 30.5 Å². The van der Waals surface area contributed by atoms with Gasteiger partial charge in [0, 0.05) is 38.2 Å². The van der Waals surface area contributed by atoms with Crippen LogP contribution < -0.4 is 0 Å². The van der Waals surface area contributed by atoms with Gasteiger partial charge in [0.2, 0.25) is 5.91 Å². The second-order valence-corrected chi connectivity index (χ2v) is 9.31. The summed E-state index contributed by atoms with van der Waals surface area (Å²) in [5, 5.41) is 0. The number of hydrogen-bond donors (Lipinski definition) is 0. The van der Waals surface area contributed by atoms with Gasteiger partial charge in [-0.25, -0.2) is 15.0 Å². The fraction of sp³-hybridized carbons (Fsp3) is 0.652. The average molecular weight is 425 g/mol. The lowest BCUT2D eigenvalue weighted by atomic mass is 9.95. The fourth-order valence-corrected chi connectivity index (χ4v) is 4.79. The largest absolute Gasteiger partial charge is 0.365 e. The van der Waals surface area contributed by atoms with Crippen molar-refractivity contribution >= 4 is 5.91 Å². The van der Waals surface area contributed by atoms with Gasteiger partial charge in [0.25, 0.3) is 0 Å². The zero-order chi connectivity index (χ0) is 21.2. The van der Waals surface area contributed by atoms with Crippen molar-refractivity contribution in [3.8, 4) is 11.5 Å². The topological polar surface area (TPSA) is 76.4 Å². The Morgan fingerprint density at radius 2 is 1.84 bits per heavy atom. The van der Waals surface area contributed by atoms with Gasteiger partial charge in [0.1, 0.15) is 18.1 Å². The number of carbonyl (C=O) groups excluding carboxylic acids is 1. The zero-order valence-electron chi connectivity index (χ0n) is 18.3. The molecule has 0 radical (unpaired) electrons. The van der Waals surface area contributed by atoms with Crippen LogP contribution in [0.25, 0.3) is 11.5 Å². The van der Waals surface area contributed by atoms with Gasteiger partial charge in [-0.3, -0.25) is 4.79 Å². The summed E-state index contributed by atoms with van der Waals surface area (Å²) in [4.78, 5) is 30.3. The molecule has 4 heterocycles. The van der Waals surface area contributed by atoms with Crippen molar-refractivity contribution < 1.29 is 9.53 Å². The number of aromatic nitrogens is 4. The van der Waals surface area contributed by atoms with E-state index in [4.69, 9.17) is 4.74 Å². The molecule has 2 saturated heterocycles. The first-order valence-corrected chi connectivity index (χ1v) is 11.6. The molecule has 0 N–H and O–H groups in total. The van der Waals surface area contributed by atoms with E-state index in [-0.39, 0.29) is 18.6 Å². The molecule has 1 amide bonds. The first-order chi connectivity index (χ1) is 15.1. The van der Waals surface area contributed by atoms with Crippen LogP contribution in [0, 0.1) is 18.8 Å². The van der Waals surface area contributed by atoms with Crippen LogP contribution in [0.3, 0.4) is 0 Å². The monoisotopic (exact) mass is 424 g/mol. The number of piperidine rings is 1. The molecule has 0 spiro atoms. The Labute approximate surface area is 183 Å². The number of rotatable bonds is 7. The average Bonchev–Trinajstić information content (AvgIpc) is 3.46. The predicted octanol–water partition coefficient (Wildman–Crippen LogP) is 2.00. The third-order valence-electron chi connectivity index (χ3n) is 6.74. The van der Waals surface area contributed by atoms with Crippen LogP contribution in [0.5, 0.6) is 0 Å². The molecule has 0 bridgehead atoms. The Kier molecular flexibility index (Phi) is 6.00. The van der Waals surface area contributed by atoms with E-state index >= 15 is 0 Å². The standard InChI is InChI=1S/C23H32N6O2/c1-17-24-7-4-21(26-17)23-25-8-11-28(23)14-20-15-29(22(30)16-31-20)13-19-5-9-27(10-6-19)12-18-2-3-18/h4,7-8,11,18-20H,2-3,5-6,9-10,12-16H2,1H3. The van der Waals surface area contributed by atoms with Gasteiger partial charge < -0.3 is 19.1 Å². The van der Waals surface area contributed by atoms with Crippen molar-refractivity contribution in [2.45, 2.75) is 45.3 Å². The van der Waals surface area contributed by atoms with Crippen LogP contribution >= 0.6 is 0 Å². The molecule has 2 aromatic heterocycles. The van der Waals surface area contributed by atoms with Crippen LogP contribution in [-0.4, -0.2) is 80.7 Å². The van der Waals surface area contributed by atoms with E-state index in [0.29, 0.717) is 19.0 Å². The molecule has 1 unspecified atom stereocenters. The maximum absolute atomic E-state index is 12.5. The summed E-state index contributed by atoms with van der Waals surface area (Å²) < 4.78 is 7.95. The van der Waals surface area contributed by atoms with Crippen LogP contribution in [0.15, 0.2) is 24.7 Å². The molecule has 2 aromatic rings. The molecule has 8 heteroatoms. The Bertz CT molecular complexity index is 903. The minimum Gasteiger partial charge on any atom is -0.365 e. The maximum Gasteiger partial charge on any atom is 0.248 e. The van der Waals surface area contributed by atoms with Gasteiger partial charge in [-0.2, -0.15) is 0 Å². The third kappa shape index (κ3) is 5.13. The quantitative estimate of drug-likeness (QED) is 0.677. The van der Waals surface area contributed by atoms with Crippen molar-refractivity contribution in [3.63, 3.8) is 0 Å². The predicted molar refractivity (Wildman–Crippen MR) is 116 cm³/mol. The molecule has 3 aliphatic rings. The third-order valence-corrected chi connectivity index (χ3v) is 6.74. The van der Waals surface area contributed by atoms with Crippen molar-refractivity contribution in [2.75, 3.05) is 39.3 Å². The number of nitrogens with zero attached hydrogens (tertiary/aromatic N) is 6. The van der Waals surface area contributed by atoms with E-state index in [1.165, 1.54) is 45.3 Å². The van der Waals surface area contributed by atoms with E-state index in [9.17, 15) is 4.79 Å². The fourth-order valence-electron chi connectivity index (χ4n) is 4.79. The number of amides is 1. The molecule has 2 aliphatic heterocycles. The minimum atomic E-state index is -0.0384. The molecule has 1 aliphatic carbocycles. The van der Waals surface area contributed by atoms with E-state index in [2.05, 4.69) is 24.4 Å². The summed E-state index contributed by atoms with van der Waals surface area (Å²) in [6, 6.07) is 1.87. The summed E-state index contributed by atoms with van der Waals surface area (Å²) in [5.74, 6) is 3.21. The van der Waals surface area contributed by atoms with E-state index < -0.39 is 0 Å². The number of hydrogen-bond acceptors (Lipinski definition) is 6. The van der Waals surface area contributed by atoms with Gasteiger partial charge in [0.15, 0.2) is 5.82 Å². The molecular weight excluding hydrogens is 392 g/mol. The molecule has 1 saturated carbocycles. The number of aryl methyl sites for hydroxylation is 1. The summed E-state index contributed by atoms with van der Waals surface area (Å²) in [7, 11) is 0. The summed E-state index contributed by atoms with van der Waals surface area (Å²) in [6.45, 7) is 7.84. The van der Waals surface area contributed by atoms with Crippen LogP contribution in [0.2, 0.25) is 0 Å². The highest BCUT2D eigenvalue weighted by molar-refractivity contribution is 5.78. The molecule has 5 rings (SSSR count). The Morgan fingerprint density at radius 3 is 2.61 bits per heavy atom. The van der Waals surface area contributed by atoms with Gasteiger partial charge in [0.05, 0.1) is 12.6 Å². The number of likely N-dealkylation sites (tertiary alicyclic amines) is 1. The Morgan fingerprint density at radius 1 is 1.03 bits per heavy atom. The lowest BCUT2D eigenvalue weighted by Gasteiger charge is -2.38. The van der Waals surface area contributed by atoms with Crippen molar-refractivity contribution in [1.29, 1.82) is 0 Å². The van der Waals surface area contributed by atoms with Gasteiger partial charge in [-0.1, -0.05) is 0 Å².